The molecule has 3 N–H and O–H groups in total. The van der Waals surface area contributed by atoms with Crippen LogP contribution < -0.4 is 11.1 Å². The molecule has 0 aromatic heterocycles. The second-order valence-corrected chi connectivity index (χ2v) is 4.38. The lowest BCUT2D eigenvalue weighted by Gasteiger charge is -2.26. The van der Waals surface area contributed by atoms with E-state index in [-0.39, 0.29) is 11.9 Å². The average molecular weight is 249 g/mol. The Balaban J connectivity index is 2.66. The van der Waals surface area contributed by atoms with Gasteiger partial charge in [0.25, 0.3) is 0 Å². The van der Waals surface area contributed by atoms with Crippen LogP contribution in [0.2, 0.25) is 0 Å². The van der Waals surface area contributed by atoms with Crippen molar-refractivity contribution in [3.8, 4) is 0 Å². The van der Waals surface area contributed by atoms with Gasteiger partial charge in [-0.1, -0.05) is 19.1 Å². The van der Waals surface area contributed by atoms with E-state index in [9.17, 15) is 4.79 Å². The SMILES string of the molecule is CCNC(=O)C(C)N(CC)Cc1ccc(N)cc1. The molecule has 100 valence electrons. The van der Waals surface area contributed by atoms with E-state index in [1.807, 2.05) is 38.1 Å². The van der Waals surface area contributed by atoms with Crippen LogP contribution in [0, 0.1) is 0 Å². The lowest BCUT2D eigenvalue weighted by Crippen LogP contribution is -2.44. The third kappa shape index (κ3) is 4.04. The van der Waals surface area contributed by atoms with E-state index >= 15 is 0 Å². The second-order valence-electron chi connectivity index (χ2n) is 4.38. The molecule has 4 heteroatoms. The Kier molecular flexibility index (Phi) is 5.65. The molecule has 1 atom stereocenters. The molecule has 0 aliphatic rings. The number of nitrogens with one attached hydrogen (secondary N) is 1. The van der Waals surface area contributed by atoms with E-state index in [0.29, 0.717) is 6.54 Å². The van der Waals surface area contributed by atoms with Crippen LogP contribution in [0.25, 0.3) is 0 Å². The van der Waals surface area contributed by atoms with Crippen molar-refractivity contribution < 1.29 is 4.79 Å². The number of anilines is 1. The van der Waals surface area contributed by atoms with Gasteiger partial charge in [0.05, 0.1) is 6.04 Å². The van der Waals surface area contributed by atoms with Crippen LogP contribution in [-0.4, -0.2) is 29.9 Å². The Labute approximate surface area is 109 Å². The highest BCUT2D eigenvalue weighted by Crippen LogP contribution is 2.10. The van der Waals surface area contributed by atoms with Gasteiger partial charge in [-0.15, -0.1) is 0 Å². The highest BCUT2D eigenvalue weighted by atomic mass is 16.2. The molecule has 18 heavy (non-hydrogen) atoms. The molecule has 0 fully saturated rings. The molecular weight excluding hydrogens is 226 g/mol. The summed E-state index contributed by atoms with van der Waals surface area (Å²) >= 11 is 0. The third-order valence-electron chi connectivity index (χ3n) is 3.05. The minimum atomic E-state index is -0.118. The summed E-state index contributed by atoms with van der Waals surface area (Å²) in [6.07, 6.45) is 0. The van der Waals surface area contributed by atoms with E-state index < -0.39 is 0 Å². The Morgan fingerprint density at radius 1 is 1.33 bits per heavy atom. The molecule has 4 nitrogen and oxygen atoms in total. The zero-order chi connectivity index (χ0) is 13.5. The second kappa shape index (κ2) is 7.01. The zero-order valence-corrected chi connectivity index (χ0v) is 11.4. The van der Waals surface area contributed by atoms with Crippen LogP contribution in [-0.2, 0) is 11.3 Å². The van der Waals surface area contributed by atoms with Gasteiger partial charge in [0, 0.05) is 18.8 Å². The van der Waals surface area contributed by atoms with Gasteiger partial charge in [-0.25, -0.2) is 0 Å². The van der Waals surface area contributed by atoms with Crippen molar-refractivity contribution in [3.63, 3.8) is 0 Å². The van der Waals surface area contributed by atoms with Crippen molar-refractivity contribution in [2.24, 2.45) is 0 Å². The van der Waals surface area contributed by atoms with Gasteiger partial charge in [0.1, 0.15) is 0 Å². The van der Waals surface area contributed by atoms with Gasteiger partial charge >= 0.3 is 0 Å². The largest absolute Gasteiger partial charge is 0.399 e. The first-order valence-corrected chi connectivity index (χ1v) is 6.44. The van der Waals surface area contributed by atoms with Gasteiger partial charge < -0.3 is 11.1 Å². The summed E-state index contributed by atoms with van der Waals surface area (Å²) in [5.41, 5.74) is 7.59. The molecular formula is C14H23N3O. The molecule has 0 saturated heterocycles. The van der Waals surface area contributed by atoms with Crippen LogP contribution in [0.3, 0.4) is 0 Å². The lowest BCUT2D eigenvalue weighted by molar-refractivity contribution is -0.125. The number of nitrogens with two attached hydrogens (primary N) is 1. The molecule has 0 spiro atoms. The average Bonchev–Trinajstić information content (AvgIpc) is 2.37. The van der Waals surface area contributed by atoms with Gasteiger partial charge in [-0.3, -0.25) is 9.69 Å². The fraction of sp³-hybridized carbons (Fsp3) is 0.500. The topological polar surface area (TPSA) is 58.4 Å². The molecule has 0 heterocycles. The van der Waals surface area contributed by atoms with Gasteiger partial charge in [-0.2, -0.15) is 0 Å². The van der Waals surface area contributed by atoms with Crippen molar-refractivity contribution in [2.75, 3.05) is 18.8 Å². The molecule has 1 unspecified atom stereocenters. The van der Waals surface area contributed by atoms with Gasteiger partial charge in [0.2, 0.25) is 5.91 Å². The minimum Gasteiger partial charge on any atom is -0.399 e. The fourth-order valence-electron chi connectivity index (χ4n) is 1.87. The summed E-state index contributed by atoms with van der Waals surface area (Å²) in [6, 6.07) is 7.66. The standard InChI is InChI=1S/C14H23N3O/c1-4-16-14(18)11(3)17(5-2)10-12-6-8-13(15)9-7-12/h6-9,11H,4-5,10,15H2,1-3H3,(H,16,18). The highest BCUT2D eigenvalue weighted by molar-refractivity contribution is 5.81. The minimum absolute atomic E-state index is 0.0785. The zero-order valence-electron chi connectivity index (χ0n) is 11.4. The number of nitrogens with zero attached hydrogens (tertiary/aromatic N) is 1. The van der Waals surface area contributed by atoms with Crippen LogP contribution in [0.4, 0.5) is 5.69 Å². The number of carbonyl (C=O) groups excluding carboxylic acids is 1. The number of benzene rings is 1. The lowest BCUT2D eigenvalue weighted by atomic mass is 10.1. The number of hydrogen-bond acceptors (Lipinski definition) is 3. The molecule has 1 aromatic carbocycles. The van der Waals surface area contributed by atoms with E-state index in [0.717, 1.165) is 18.8 Å². The number of hydrogen-bond donors (Lipinski definition) is 2. The smallest absolute Gasteiger partial charge is 0.237 e. The predicted octanol–water partition coefficient (Wildman–Crippen LogP) is 1.62. The predicted molar refractivity (Wildman–Crippen MR) is 75.1 cm³/mol. The normalized spacial score (nSPS) is 12.4. The van der Waals surface area contributed by atoms with Crippen LogP contribution in [0.15, 0.2) is 24.3 Å². The van der Waals surface area contributed by atoms with Crippen LogP contribution >= 0.6 is 0 Å². The summed E-state index contributed by atoms with van der Waals surface area (Å²) < 4.78 is 0. The van der Waals surface area contributed by atoms with E-state index in [1.54, 1.807) is 0 Å². The Morgan fingerprint density at radius 3 is 2.44 bits per heavy atom. The Hall–Kier alpha value is -1.55. The number of amides is 1. The monoisotopic (exact) mass is 249 g/mol. The van der Waals surface area contributed by atoms with Crippen molar-refractivity contribution >= 4 is 11.6 Å². The first-order valence-electron chi connectivity index (χ1n) is 6.44. The Morgan fingerprint density at radius 2 is 1.94 bits per heavy atom. The molecule has 1 amide bonds. The number of likely N-dealkylation sites (N-methyl/N-ethyl adjacent to an activating group) is 2. The molecule has 0 radical (unpaired) electrons. The first kappa shape index (κ1) is 14.5. The highest BCUT2D eigenvalue weighted by Gasteiger charge is 2.19. The third-order valence-corrected chi connectivity index (χ3v) is 3.05. The van der Waals surface area contributed by atoms with Crippen molar-refractivity contribution in [1.29, 1.82) is 0 Å². The molecule has 1 aromatic rings. The number of carbonyl (C=O) groups is 1. The molecule has 1 rings (SSSR count). The maximum absolute atomic E-state index is 11.8. The Bertz CT molecular complexity index is 375. The fourth-order valence-corrected chi connectivity index (χ4v) is 1.87. The van der Waals surface area contributed by atoms with E-state index in [1.165, 1.54) is 5.56 Å². The van der Waals surface area contributed by atoms with Crippen molar-refractivity contribution in [1.82, 2.24) is 10.2 Å². The summed E-state index contributed by atoms with van der Waals surface area (Å²) in [4.78, 5) is 14.0. The van der Waals surface area contributed by atoms with Crippen molar-refractivity contribution in [2.45, 2.75) is 33.4 Å². The molecule has 0 aliphatic heterocycles. The van der Waals surface area contributed by atoms with Gasteiger partial charge in [-0.05, 0) is 38.1 Å². The number of nitrogen functional groups attached to an aromatic ring is 1. The first-order chi connectivity index (χ1) is 8.58. The number of rotatable bonds is 6. The van der Waals surface area contributed by atoms with Crippen LogP contribution in [0.1, 0.15) is 26.3 Å². The summed E-state index contributed by atoms with van der Waals surface area (Å²) in [5.74, 6) is 0.0785. The quantitative estimate of drug-likeness (QED) is 0.753. The molecule has 0 saturated carbocycles. The van der Waals surface area contributed by atoms with E-state index in [2.05, 4.69) is 17.1 Å². The van der Waals surface area contributed by atoms with Crippen LogP contribution in [0.5, 0.6) is 0 Å². The van der Waals surface area contributed by atoms with Gasteiger partial charge in [0.15, 0.2) is 0 Å². The summed E-state index contributed by atoms with van der Waals surface area (Å²) in [6.45, 7) is 8.19. The molecule has 0 aliphatic carbocycles. The maximum Gasteiger partial charge on any atom is 0.237 e. The molecule has 0 bridgehead atoms. The van der Waals surface area contributed by atoms with E-state index in [4.69, 9.17) is 5.73 Å². The maximum atomic E-state index is 11.8. The van der Waals surface area contributed by atoms with Crippen molar-refractivity contribution in [3.05, 3.63) is 29.8 Å². The summed E-state index contributed by atoms with van der Waals surface area (Å²) in [7, 11) is 0. The summed E-state index contributed by atoms with van der Waals surface area (Å²) in [5, 5.41) is 2.85.